The van der Waals surface area contributed by atoms with Gasteiger partial charge in [-0.3, -0.25) is 4.79 Å². The Morgan fingerprint density at radius 1 is 0.963 bits per heavy atom. The maximum atomic E-state index is 12.9. The molecule has 7 heteroatoms. The molecule has 1 spiro atoms. The number of aromatic nitrogens is 2. The summed E-state index contributed by atoms with van der Waals surface area (Å²) in [4.78, 5) is 28.3. The molecular formula is C20H31N5O2. The van der Waals surface area contributed by atoms with E-state index in [2.05, 4.69) is 26.8 Å². The summed E-state index contributed by atoms with van der Waals surface area (Å²) in [5, 5.41) is 0. The molecule has 3 saturated heterocycles. The van der Waals surface area contributed by atoms with E-state index >= 15 is 0 Å². The number of likely N-dealkylation sites (tertiary alicyclic amines) is 2. The summed E-state index contributed by atoms with van der Waals surface area (Å²) in [5.41, 5.74) is 1.04. The van der Waals surface area contributed by atoms with Crippen LogP contribution in [0.25, 0.3) is 0 Å². The van der Waals surface area contributed by atoms with Crippen LogP contribution in [0.15, 0.2) is 12.4 Å². The van der Waals surface area contributed by atoms with Crippen LogP contribution >= 0.6 is 0 Å². The third kappa shape index (κ3) is 4.24. The number of carbonyl (C=O) groups is 1. The number of nitrogens with zero attached hydrogens (tertiary/aromatic N) is 5. The van der Waals surface area contributed by atoms with Crippen molar-refractivity contribution in [2.45, 2.75) is 32.1 Å². The number of piperidine rings is 1. The minimum atomic E-state index is 0.0733. The average Bonchev–Trinajstić information content (AvgIpc) is 2.90. The Labute approximate surface area is 161 Å². The van der Waals surface area contributed by atoms with Gasteiger partial charge in [0, 0.05) is 38.6 Å². The quantitative estimate of drug-likeness (QED) is 0.786. The summed E-state index contributed by atoms with van der Waals surface area (Å²) in [6.45, 7) is 7.11. The zero-order valence-corrected chi connectivity index (χ0v) is 16.4. The number of hydrogen-bond donors (Lipinski definition) is 0. The van der Waals surface area contributed by atoms with Gasteiger partial charge in [0.25, 0.3) is 5.91 Å². The first-order valence-electron chi connectivity index (χ1n) is 10.3. The highest BCUT2D eigenvalue weighted by molar-refractivity contribution is 5.93. The zero-order valence-electron chi connectivity index (χ0n) is 16.4. The summed E-state index contributed by atoms with van der Waals surface area (Å²) in [6, 6.07) is 0. The van der Waals surface area contributed by atoms with E-state index in [-0.39, 0.29) is 5.91 Å². The van der Waals surface area contributed by atoms with E-state index in [9.17, 15) is 4.79 Å². The van der Waals surface area contributed by atoms with E-state index in [1.54, 1.807) is 12.4 Å². The smallest absolute Gasteiger partial charge is 0.256 e. The average molecular weight is 374 g/mol. The molecule has 0 unspecified atom stereocenters. The Bertz CT molecular complexity index is 636. The molecule has 0 radical (unpaired) electrons. The van der Waals surface area contributed by atoms with Gasteiger partial charge in [-0.25, -0.2) is 9.97 Å². The van der Waals surface area contributed by atoms with Gasteiger partial charge in [-0.1, -0.05) is 0 Å². The standard InChI is InChI=1S/C20H31N5O2/c1-23-7-2-3-20(4-8-23)5-9-24(10-6-20)18(26)17-15-21-19(22-16-17)25-11-13-27-14-12-25/h15-16H,2-14H2,1H3. The number of morpholine rings is 1. The number of rotatable bonds is 2. The van der Waals surface area contributed by atoms with Crippen LogP contribution in [0.5, 0.6) is 0 Å². The molecule has 3 aliphatic rings. The van der Waals surface area contributed by atoms with E-state index in [0.29, 0.717) is 30.1 Å². The fourth-order valence-corrected chi connectivity index (χ4v) is 4.61. The zero-order chi connectivity index (χ0) is 18.7. The highest BCUT2D eigenvalue weighted by Crippen LogP contribution is 2.41. The topological polar surface area (TPSA) is 61.8 Å². The molecule has 3 fully saturated rings. The van der Waals surface area contributed by atoms with Crippen LogP contribution in [0.4, 0.5) is 5.95 Å². The number of hydrogen-bond acceptors (Lipinski definition) is 6. The normalized spacial score (nSPS) is 24.0. The molecule has 1 aromatic rings. The SMILES string of the molecule is CN1CCCC2(CC1)CCN(C(=O)c1cnc(N3CCOCC3)nc1)CC2. The van der Waals surface area contributed by atoms with E-state index in [4.69, 9.17) is 4.74 Å². The van der Waals surface area contributed by atoms with Crippen LogP contribution in [-0.4, -0.2) is 85.2 Å². The number of amides is 1. The number of carbonyl (C=O) groups excluding carboxylic acids is 1. The molecule has 1 aromatic heterocycles. The molecule has 4 heterocycles. The predicted octanol–water partition coefficient (Wildman–Crippen LogP) is 1.65. The summed E-state index contributed by atoms with van der Waals surface area (Å²) in [5.74, 6) is 0.763. The van der Waals surface area contributed by atoms with Crippen LogP contribution in [-0.2, 0) is 4.74 Å². The van der Waals surface area contributed by atoms with Gasteiger partial charge in [0.15, 0.2) is 0 Å². The second-order valence-corrected chi connectivity index (χ2v) is 8.32. The lowest BCUT2D eigenvalue weighted by molar-refractivity contribution is 0.0542. The maximum Gasteiger partial charge on any atom is 0.256 e. The van der Waals surface area contributed by atoms with Gasteiger partial charge >= 0.3 is 0 Å². The first-order valence-corrected chi connectivity index (χ1v) is 10.3. The molecular weight excluding hydrogens is 342 g/mol. The van der Waals surface area contributed by atoms with Crippen LogP contribution in [0, 0.1) is 5.41 Å². The van der Waals surface area contributed by atoms with Crippen LogP contribution in [0.2, 0.25) is 0 Å². The molecule has 0 aliphatic carbocycles. The molecule has 27 heavy (non-hydrogen) atoms. The Kier molecular flexibility index (Phi) is 5.59. The Morgan fingerprint density at radius 3 is 2.33 bits per heavy atom. The van der Waals surface area contributed by atoms with E-state index in [1.165, 1.54) is 32.4 Å². The molecule has 148 valence electrons. The molecule has 1 amide bonds. The van der Waals surface area contributed by atoms with Crippen molar-refractivity contribution in [3.05, 3.63) is 18.0 Å². The van der Waals surface area contributed by atoms with Crippen molar-refractivity contribution in [3.63, 3.8) is 0 Å². The molecule has 0 atom stereocenters. The lowest BCUT2D eigenvalue weighted by Crippen LogP contribution is -2.43. The fraction of sp³-hybridized carbons (Fsp3) is 0.750. The first-order chi connectivity index (χ1) is 13.2. The van der Waals surface area contributed by atoms with Gasteiger partial charge in [-0.15, -0.1) is 0 Å². The minimum Gasteiger partial charge on any atom is -0.378 e. The van der Waals surface area contributed by atoms with Gasteiger partial charge in [0.05, 0.1) is 18.8 Å². The van der Waals surface area contributed by atoms with Gasteiger partial charge in [-0.2, -0.15) is 0 Å². The van der Waals surface area contributed by atoms with Crippen molar-refractivity contribution >= 4 is 11.9 Å². The third-order valence-electron chi connectivity index (χ3n) is 6.56. The maximum absolute atomic E-state index is 12.9. The second kappa shape index (κ2) is 8.10. The van der Waals surface area contributed by atoms with Crippen molar-refractivity contribution in [2.75, 3.05) is 64.4 Å². The van der Waals surface area contributed by atoms with Crippen LogP contribution < -0.4 is 4.90 Å². The Hall–Kier alpha value is -1.73. The van der Waals surface area contributed by atoms with Crippen molar-refractivity contribution < 1.29 is 9.53 Å². The Balaban J connectivity index is 1.35. The highest BCUT2D eigenvalue weighted by atomic mass is 16.5. The van der Waals surface area contributed by atoms with Crippen molar-refractivity contribution in [1.82, 2.24) is 19.8 Å². The molecule has 0 bridgehead atoms. The summed E-state index contributed by atoms with van der Waals surface area (Å²) < 4.78 is 5.36. The molecule has 0 aromatic carbocycles. The summed E-state index contributed by atoms with van der Waals surface area (Å²) in [7, 11) is 2.22. The second-order valence-electron chi connectivity index (χ2n) is 8.32. The molecule has 3 aliphatic heterocycles. The largest absolute Gasteiger partial charge is 0.378 e. The van der Waals surface area contributed by atoms with E-state index in [0.717, 1.165) is 39.0 Å². The fourth-order valence-electron chi connectivity index (χ4n) is 4.61. The van der Waals surface area contributed by atoms with Gasteiger partial charge in [0.2, 0.25) is 5.95 Å². The van der Waals surface area contributed by atoms with Crippen molar-refractivity contribution in [3.8, 4) is 0 Å². The molecule has 0 N–H and O–H groups in total. The van der Waals surface area contributed by atoms with Gasteiger partial charge < -0.3 is 19.4 Å². The number of anilines is 1. The summed E-state index contributed by atoms with van der Waals surface area (Å²) in [6.07, 6.45) is 9.47. The molecule has 7 nitrogen and oxygen atoms in total. The summed E-state index contributed by atoms with van der Waals surface area (Å²) >= 11 is 0. The third-order valence-corrected chi connectivity index (χ3v) is 6.56. The predicted molar refractivity (Wildman–Crippen MR) is 104 cm³/mol. The number of ether oxygens (including phenoxy) is 1. The lowest BCUT2D eigenvalue weighted by atomic mass is 9.73. The van der Waals surface area contributed by atoms with E-state index < -0.39 is 0 Å². The lowest BCUT2D eigenvalue weighted by Gasteiger charge is -2.41. The van der Waals surface area contributed by atoms with Crippen molar-refractivity contribution in [2.24, 2.45) is 5.41 Å². The Morgan fingerprint density at radius 2 is 1.63 bits per heavy atom. The highest BCUT2D eigenvalue weighted by Gasteiger charge is 2.37. The van der Waals surface area contributed by atoms with Crippen LogP contribution in [0.3, 0.4) is 0 Å². The van der Waals surface area contributed by atoms with E-state index in [1.807, 2.05) is 4.90 Å². The van der Waals surface area contributed by atoms with Crippen molar-refractivity contribution in [1.29, 1.82) is 0 Å². The molecule has 4 rings (SSSR count). The van der Waals surface area contributed by atoms with Gasteiger partial charge in [0.1, 0.15) is 0 Å². The minimum absolute atomic E-state index is 0.0733. The van der Waals surface area contributed by atoms with Gasteiger partial charge in [-0.05, 0) is 57.7 Å². The first kappa shape index (κ1) is 18.6. The van der Waals surface area contributed by atoms with Crippen LogP contribution in [0.1, 0.15) is 42.5 Å². The monoisotopic (exact) mass is 373 g/mol. The molecule has 0 saturated carbocycles.